The van der Waals surface area contributed by atoms with Gasteiger partial charge in [0.2, 0.25) is 0 Å². The molecule has 0 radical (unpaired) electrons. The summed E-state index contributed by atoms with van der Waals surface area (Å²) < 4.78 is 0. The van der Waals surface area contributed by atoms with Gasteiger partial charge in [-0.1, -0.05) is 63.6 Å². The fourth-order valence-corrected chi connectivity index (χ4v) is 2.51. The van der Waals surface area contributed by atoms with Crippen molar-refractivity contribution in [3.05, 3.63) is 47.0 Å². The minimum atomic E-state index is 0.114. The molecule has 21 heavy (non-hydrogen) atoms. The molecule has 2 unspecified atom stereocenters. The number of rotatable bonds is 6. The molecule has 0 saturated heterocycles. The van der Waals surface area contributed by atoms with Gasteiger partial charge in [0.05, 0.1) is 0 Å². The van der Waals surface area contributed by atoms with E-state index in [2.05, 4.69) is 65.0 Å². The molecular formula is C20H30O. The molecule has 0 bridgehead atoms. The average molecular weight is 286 g/mol. The first-order valence-electron chi connectivity index (χ1n) is 7.93. The van der Waals surface area contributed by atoms with E-state index >= 15 is 0 Å². The van der Waals surface area contributed by atoms with Crippen molar-refractivity contribution in [1.29, 1.82) is 0 Å². The standard InChI is InChI=1S/C20H30O/c1-15(2)7-8-18(13-16(3)14-21)17-9-11-19(12-10-17)20(4,5)6/h7,9-12,14,16,18H,8,13H2,1-6H3. The average Bonchev–Trinajstić information content (AvgIpc) is 2.42. The van der Waals surface area contributed by atoms with Gasteiger partial charge in [0.25, 0.3) is 0 Å². The van der Waals surface area contributed by atoms with E-state index in [9.17, 15) is 4.79 Å². The molecule has 0 saturated carbocycles. The van der Waals surface area contributed by atoms with Crippen molar-refractivity contribution in [2.24, 2.45) is 5.92 Å². The van der Waals surface area contributed by atoms with Crippen LogP contribution in [0.25, 0.3) is 0 Å². The Morgan fingerprint density at radius 2 is 1.71 bits per heavy atom. The quantitative estimate of drug-likeness (QED) is 0.488. The van der Waals surface area contributed by atoms with Crippen molar-refractivity contribution < 1.29 is 4.79 Å². The Morgan fingerprint density at radius 1 is 1.14 bits per heavy atom. The van der Waals surface area contributed by atoms with Crippen LogP contribution in [0, 0.1) is 5.92 Å². The summed E-state index contributed by atoms with van der Waals surface area (Å²) in [5.74, 6) is 0.539. The van der Waals surface area contributed by atoms with Gasteiger partial charge in [-0.15, -0.1) is 0 Å². The second-order valence-electron chi connectivity index (χ2n) is 7.44. The lowest BCUT2D eigenvalue weighted by Gasteiger charge is -2.22. The van der Waals surface area contributed by atoms with Crippen LogP contribution in [-0.4, -0.2) is 6.29 Å². The number of benzene rings is 1. The molecule has 0 heterocycles. The van der Waals surface area contributed by atoms with Crippen molar-refractivity contribution >= 4 is 6.29 Å². The van der Waals surface area contributed by atoms with Crippen molar-refractivity contribution in [1.82, 2.24) is 0 Å². The van der Waals surface area contributed by atoms with Gasteiger partial charge in [0, 0.05) is 5.92 Å². The zero-order chi connectivity index (χ0) is 16.0. The van der Waals surface area contributed by atoms with Gasteiger partial charge in [-0.2, -0.15) is 0 Å². The smallest absolute Gasteiger partial charge is 0.122 e. The summed E-state index contributed by atoms with van der Waals surface area (Å²) in [6, 6.07) is 8.94. The third-order valence-corrected chi connectivity index (χ3v) is 3.95. The first-order chi connectivity index (χ1) is 9.74. The molecule has 1 aromatic rings. The number of carbonyl (C=O) groups excluding carboxylic acids is 1. The minimum absolute atomic E-state index is 0.114. The van der Waals surface area contributed by atoms with Crippen LogP contribution >= 0.6 is 0 Å². The van der Waals surface area contributed by atoms with E-state index in [1.54, 1.807) is 0 Å². The molecule has 0 amide bonds. The highest BCUT2D eigenvalue weighted by atomic mass is 16.1. The first-order valence-corrected chi connectivity index (χ1v) is 7.93. The van der Waals surface area contributed by atoms with Crippen molar-refractivity contribution in [2.45, 2.75) is 65.7 Å². The number of hydrogen-bond acceptors (Lipinski definition) is 1. The van der Waals surface area contributed by atoms with Gasteiger partial charge in [0.1, 0.15) is 6.29 Å². The molecular weight excluding hydrogens is 256 g/mol. The summed E-state index contributed by atoms with van der Waals surface area (Å²) in [6.45, 7) is 13.0. The van der Waals surface area contributed by atoms with Crippen LogP contribution in [-0.2, 0) is 10.2 Å². The molecule has 1 rings (SSSR count). The molecule has 1 heteroatoms. The van der Waals surface area contributed by atoms with Crippen LogP contribution in [0.5, 0.6) is 0 Å². The van der Waals surface area contributed by atoms with Crippen LogP contribution in [0.15, 0.2) is 35.9 Å². The van der Waals surface area contributed by atoms with E-state index in [1.165, 1.54) is 16.7 Å². The van der Waals surface area contributed by atoms with Gasteiger partial charge in [-0.25, -0.2) is 0 Å². The Kier molecular flexibility index (Phi) is 6.39. The van der Waals surface area contributed by atoms with Crippen molar-refractivity contribution in [3.63, 3.8) is 0 Å². The Labute approximate surface area is 130 Å². The zero-order valence-electron chi connectivity index (χ0n) is 14.4. The normalized spacial score (nSPS) is 14.4. The number of aldehydes is 1. The topological polar surface area (TPSA) is 17.1 Å². The molecule has 116 valence electrons. The summed E-state index contributed by atoms with van der Waals surface area (Å²) in [5.41, 5.74) is 4.22. The summed E-state index contributed by atoms with van der Waals surface area (Å²) in [6.07, 6.45) is 5.27. The zero-order valence-corrected chi connectivity index (χ0v) is 14.4. The van der Waals surface area contributed by atoms with Crippen LogP contribution in [0.2, 0.25) is 0 Å². The van der Waals surface area contributed by atoms with E-state index in [0.29, 0.717) is 5.92 Å². The molecule has 0 spiro atoms. The predicted molar refractivity (Wildman–Crippen MR) is 91.8 cm³/mol. The maximum atomic E-state index is 11.0. The van der Waals surface area contributed by atoms with E-state index in [0.717, 1.165) is 19.1 Å². The SMILES string of the molecule is CC(C)=CCC(CC(C)C=O)c1ccc(C(C)(C)C)cc1. The van der Waals surface area contributed by atoms with Crippen molar-refractivity contribution in [3.8, 4) is 0 Å². The fraction of sp³-hybridized carbons (Fsp3) is 0.550. The molecule has 1 nitrogen and oxygen atoms in total. The molecule has 0 N–H and O–H groups in total. The van der Waals surface area contributed by atoms with E-state index in [-0.39, 0.29) is 11.3 Å². The van der Waals surface area contributed by atoms with Crippen LogP contribution < -0.4 is 0 Å². The lowest BCUT2D eigenvalue weighted by atomic mass is 9.83. The molecule has 0 aliphatic rings. The number of allylic oxidation sites excluding steroid dienone is 2. The second-order valence-corrected chi connectivity index (χ2v) is 7.44. The molecule has 0 aliphatic carbocycles. The van der Waals surface area contributed by atoms with E-state index in [4.69, 9.17) is 0 Å². The van der Waals surface area contributed by atoms with Gasteiger partial charge in [0.15, 0.2) is 0 Å². The Balaban J connectivity index is 2.96. The third kappa shape index (κ3) is 5.87. The van der Waals surface area contributed by atoms with E-state index in [1.807, 2.05) is 6.92 Å². The van der Waals surface area contributed by atoms with E-state index < -0.39 is 0 Å². The summed E-state index contributed by atoms with van der Waals surface area (Å²) >= 11 is 0. The Morgan fingerprint density at radius 3 is 2.14 bits per heavy atom. The maximum Gasteiger partial charge on any atom is 0.122 e. The highest BCUT2D eigenvalue weighted by Crippen LogP contribution is 2.30. The molecule has 1 aromatic carbocycles. The summed E-state index contributed by atoms with van der Waals surface area (Å²) in [7, 11) is 0. The van der Waals surface area contributed by atoms with Crippen LogP contribution in [0.1, 0.15) is 71.4 Å². The third-order valence-electron chi connectivity index (χ3n) is 3.95. The van der Waals surface area contributed by atoms with Gasteiger partial charge < -0.3 is 4.79 Å². The van der Waals surface area contributed by atoms with Gasteiger partial charge >= 0.3 is 0 Å². The second kappa shape index (κ2) is 7.59. The fourth-order valence-electron chi connectivity index (χ4n) is 2.51. The predicted octanol–water partition coefficient (Wildman–Crippen LogP) is 5.65. The monoisotopic (exact) mass is 286 g/mol. The number of carbonyl (C=O) groups is 1. The molecule has 0 fully saturated rings. The summed E-state index contributed by atoms with van der Waals surface area (Å²) in [4.78, 5) is 11.0. The molecule has 0 aliphatic heterocycles. The van der Waals surface area contributed by atoms with Crippen molar-refractivity contribution in [2.75, 3.05) is 0 Å². The highest BCUT2D eigenvalue weighted by Gasteiger charge is 2.17. The highest BCUT2D eigenvalue weighted by molar-refractivity contribution is 5.53. The molecule has 2 atom stereocenters. The van der Waals surface area contributed by atoms with Gasteiger partial charge in [-0.05, 0) is 49.1 Å². The first kappa shape index (κ1) is 17.7. The van der Waals surface area contributed by atoms with Crippen LogP contribution in [0.3, 0.4) is 0 Å². The minimum Gasteiger partial charge on any atom is -0.303 e. The molecule has 0 aromatic heterocycles. The van der Waals surface area contributed by atoms with Crippen LogP contribution in [0.4, 0.5) is 0 Å². The largest absolute Gasteiger partial charge is 0.303 e. The van der Waals surface area contributed by atoms with Gasteiger partial charge in [-0.3, -0.25) is 0 Å². The lowest BCUT2D eigenvalue weighted by Crippen LogP contribution is -2.11. The lowest BCUT2D eigenvalue weighted by molar-refractivity contribution is -0.110. The Bertz CT molecular complexity index is 470. The summed E-state index contributed by atoms with van der Waals surface area (Å²) in [5, 5.41) is 0. The number of hydrogen-bond donors (Lipinski definition) is 0. The Hall–Kier alpha value is -1.37. The maximum absolute atomic E-state index is 11.0.